The van der Waals surface area contributed by atoms with Gasteiger partial charge in [0.1, 0.15) is 17.6 Å². The molecule has 0 aliphatic carbocycles. The molecular weight excluding hydrogens is 188 g/mol. The number of aromatic nitrogens is 1. The van der Waals surface area contributed by atoms with Crippen LogP contribution in [-0.4, -0.2) is 36.6 Å². The fourth-order valence-corrected chi connectivity index (χ4v) is 1.13. The van der Waals surface area contributed by atoms with Crippen molar-refractivity contribution >= 4 is 5.82 Å². The summed E-state index contributed by atoms with van der Waals surface area (Å²) in [6, 6.07) is 7.41. The molecule has 0 bridgehead atoms. The summed E-state index contributed by atoms with van der Waals surface area (Å²) in [7, 11) is 2.07. The average Bonchev–Trinajstić information content (AvgIpc) is 2.29. The third-order valence-corrected chi connectivity index (χ3v) is 2.20. The minimum atomic E-state index is 0.448. The number of hydrogen-bond acceptors (Lipinski definition) is 4. The lowest BCUT2D eigenvalue weighted by Crippen LogP contribution is -2.24. The van der Waals surface area contributed by atoms with E-state index >= 15 is 0 Å². The summed E-state index contributed by atoms with van der Waals surface area (Å²) in [5.41, 5.74) is 0.448. The summed E-state index contributed by atoms with van der Waals surface area (Å²) in [6.07, 6.45) is 0. The van der Waals surface area contributed by atoms with Crippen LogP contribution in [0.5, 0.6) is 0 Å². The topological polar surface area (TPSA) is 52.0 Å². The van der Waals surface area contributed by atoms with Crippen LogP contribution in [-0.2, 0) is 0 Å². The number of nitrogens with zero attached hydrogens (tertiary/aromatic N) is 3. The molecule has 80 valence electrons. The van der Waals surface area contributed by atoms with Crippen molar-refractivity contribution in [1.29, 1.82) is 5.26 Å². The van der Waals surface area contributed by atoms with Gasteiger partial charge in [0.05, 0.1) is 0 Å². The fraction of sp³-hybridized carbons (Fsp3) is 0.455. The van der Waals surface area contributed by atoms with E-state index in [0.717, 1.165) is 25.5 Å². The molecule has 0 radical (unpaired) electrons. The van der Waals surface area contributed by atoms with Crippen molar-refractivity contribution in [3.63, 3.8) is 0 Å². The van der Waals surface area contributed by atoms with Crippen LogP contribution < -0.4 is 5.32 Å². The van der Waals surface area contributed by atoms with E-state index in [2.05, 4.69) is 29.2 Å². The maximum atomic E-state index is 8.67. The number of anilines is 1. The van der Waals surface area contributed by atoms with Gasteiger partial charge < -0.3 is 10.2 Å². The molecule has 0 saturated carbocycles. The van der Waals surface area contributed by atoms with Crippen LogP contribution in [0.4, 0.5) is 5.82 Å². The molecule has 1 aromatic rings. The second kappa shape index (κ2) is 5.99. The highest BCUT2D eigenvalue weighted by Crippen LogP contribution is 2.03. The van der Waals surface area contributed by atoms with Crippen molar-refractivity contribution in [3.05, 3.63) is 23.9 Å². The van der Waals surface area contributed by atoms with Gasteiger partial charge in [0.15, 0.2) is 0 Å². The van der Waals surface area contributed by atoms with E-state index < -0.39 is 0 Å². The Morgan fingerprint density at radius 1 is 1.53 bits per heavy atom. The Morgan fingerprint density at radius 3 is 3.00 bits per heavy atom. The molecule has 0 amide bonds. The maximum absolute atomic E-state index is 8.67. The Bertz CT molecular complexity index is 343. The summed E-state index contributed by atoms with van der Waals surface area (Å²) in [6.45, 7) is 4.96. The molecule has 1 heterocycles. The Labute approximate surface area is 90.5 Å². The SMILES string of the molecule is CCN(C)CCNc1cccc(C#N)n1. The predicted molar refractivity (Wildman–Crippen MR) is 60.6 cm³/mol. The van der Waals surface area contributed by atoms with Gasteiger partial charge in [-0.1, -0.05) is 13.0 Å². The predicted octanol–water partition coefficient (Wildman–Crippen LogP) is 1.32. The molecule has 4 nitrogen and oxygen atoms in total. The van der Waals surface area contributed by atoms with Crippen LogP contribution in [0.15, 0.2) is 18.2 Å². The molecule has 1 rings (SSSR count). The minimum Gasteiger partial charge on any atom is -0.369 e. The van der Waals surface area contributed by atoms with Crippen molar-refractivity contribution in [2.24, 2.45) is 0 Å². The first kappa shape index (κ1) is 11.5. The standard InChI is InChI=1S/C11H16N4/c1-3-15(2)8-7-13-11-6-4-5-10(9-12)14-11/h4-6H,3,7-8H2,1-2H3,(H,13,14). The van der Waals surface area contributed by atoms with Gasteiger partial charge in [0, 0.05) is 13.1 Å². The van der Waals surface area contributed by atoms with Crippen molar-refractivity contribution in [2.75, 3.05) is 32.0 Å². The summed E-state index contributed by atoms with van der Waals surface area (Å²) < 4.78 is 0. The molecular formula is C11H16N4. The van der Waals surface area contributed by atoms with Gasteiger partial charge in [-0.15, -0.1) is 0 Å². The van der Waals surface area contributed by atoms with Gasteiger partial charge in [0.25, 0.3) is 0 Å². The highest BCUT2D eigenvalue weighted by molar-refractivity contribution is 5.38. The molecule has 4 heteroatoms. The van der Waals surface area contributed by atoms with Gasteiger partial charge in [-0.2, -0.15) is 5.26 Å². The number of likely N-dealkylation sites (N-methyl/N-ethyl adjacent to an activating group) is 1. The molecule has 0 spiro atoms. The van der Waals surface area contributed by atoms with E-state index in [0.29, 0.717) is 5.69 Å². The molecule has 0 aromatic carbocycles. The first-order valence-corrected chi connectivity index (χ1v) is 5.06. The molecule has 0 aliphatic heterocycles. The van der Waals surface area contributed by atoms with Crippen molar-refractivity contribution in [2.45, 2.75) is 6.92 Å². The zero-order valence-electron chi connectivity index (χ0n) is 9.20. The first-order chi connectivity index (χ1) is 7.26. The van der Waals surface area contributed by atoms with E-state index in [1.54, 1.807) is 6.07 Å². The van der Waals surface area contributed by atoms with Crippen LogP contribution in [0, 0.1) is 11.3 Å². The van der Waals surface area contributed by atoms with Crippen LogP contribution in [0.1, 0.15) is 12.6 Å². The van der Waals surface area contributed by atoms with Crippen molar-refractivity contribution in [1.82, 2.24) is 9.88 Å². The molecule has 0 saturated heterocycles. The first-order valence-electron chi connectivity index (χ1n) is 5.06. The lowest BCUT2D eigenvalue weighted by Gasteiger charge is -2.14. The Kier molecular flexibility index (Phi) is 4.58. The van der Waals surface area contributed by atoms with E-state index in [-0.39, 0.29) is 0 Å². The summed E-state index contributed by atoms with van der Waals surface area (Å²) in [4.78, 5) is 6.33. The summed E-state index contributed by atoms with van der Waals surface area (Å²) >= 11 is 0. The number of nitrogens with one attached hydrogen (secondary N) is 1. The van der Waals surface area contributed by atoms with Crippen molar-refractivity contribution in [3.8, 4) is 6.07 Å². The average molecular weight is 204 g/mol. The van der Waals surface area contributed by atoms with Crippen LogP contribution in [0.3, 0.4) is 0 Å². The Morgan fingerprint density at radius 2 is 2.33 bits per heavy atom. The molecule has 0 aliphatic rings. The highest BCUT2D eigenvalue weighted by atomic mass is 15.1. The van der Waals surface area contributed by atoms with Crippen molar-refractivity contribution < 1.29 is 0 Å². The largest absolute Gasteiger partial charge is 0.369 e. The number of hydrogen-bond donors (Lipinski definition) is 1. The normalized spacial score (nSPS) is 10.0. The van der Waals surface area contributed by atoms with E-state index in [1.807, 2.05) is 18.2 Å². The molecule has 0 atom stereocenters. The molecule has 0 fully saturated rings. The molecule has 1 aromatic heterocycles. The lowest BCUT2D eigenvalue weighted by atomic mass is 10.3. The van der Waals surface area contributed by atoms with Gasteiger partial charge >= 0.3 is 0 Å². The zero-order chi connectivity index (χ0) is 11.1. The van der Waals surface area contributed by atoms with Gasteiger partial charge in [0.2, 0.25) is 0 Å². The highest BCUT2D eigenvalue weighted by Gasteiger charge is 1.97. The molecule has 1 N–H and O–H groups in total. The van der Waals surface area contributed by atoms with E-state index in [1.165, 1.54) is 0 Å². The second-order valence-electron chi connectivity index (χ2n) is 3.34. The lowest BCUT2D eigenvalue weighted by molar-refractivity contribution is 0.367. The number of pyridine rings is 1. The van der Waals surface area contributed by atoms with Gasteiger partial charge in [-0.3, -0.25) is 0 Å². The Balaban J connectivity index is 2.41. The fourth-order valence-electron chi connectivity index (χ4n) is 1.13. The quantitative estimate of drug-likeness (QED) is 0.786. The minimum absolute atomic E-state index is 0.448. The maximum Gasteiger partial charge on any atom is 0.142 e. The van der Waals surface area contributed by atoms with Crippen LogP contribution in [0.25, 0.3) is 0 Å². The molecule has 15 heavy (non-hydrogen) atoms. The third-order valence-electron chi connectivity index (χ3n) is 2.20. The van der Waals surface area contributed by atoms with Crippen LogP contribution in [0.2, 0.25) is 0 Å². The Hall–Kier alpha value is -1.60. The smallest absolute Gasteiger partial charge is 0.142 e. The van der Waals surface area contributed by atoms with E-state index in [9.17, 15) is 0 Å². The van der Waals surface area contributed by atoms with Gasteiger partial charge in [-0.05, 0) is 25.7 Å². The second-order valence-corrected chi connectivity index (χ2v) is 3.34. The van der Waals surface area contributed by atoms with Crippen LogP contribution >= 0.6 is 0 Å². The summed E-state index contributed by atoms with van der Waals surface area (Å²) in [5.74, 6) is 0.763. The van der Waals surface area contributed by atoms with E-state index in [4.69, 9.17) is 5.26 Å². The third kappa shape index (κ3) is 3.96. The van der Waals surface area contributed by atoms with Gasteiger partial charge in [-0.25, -0.2) is 4.98 Å². The molecule has 0 unspecified atom stereocenters. The summed E-state index contributed by atoms with van der Waals surface area (Å²) in [5, 5.41) is 11.8. The number of nitriles is 1. The zero-order valence-corrected chi connectivity index (χ0v) is 9.20. The monoisotopic (exact) mass is 204 g/mol. The number of rotatable bonds is 5.